The van der Waals surface area contributed by atoms with Crippen molar-refractivity contribution in [3.05, 3.63) is 29.3 Å². The van der Waals surface area contributed by atoms with E-state index in [-0.39, 0.29) is 24.7 Å². The third-order valence-electron chi connectivity index (χ3n) is 2.55. The van der Waals surface area contributed by atoms with Crippen molar-refractivity contribution in [3.8, 4) is 17.6 Å². The first-order valence-corrected chi connectivity index (χ1v) is 7.93. The van der Waals surface area contributed by atoms with Gasteiger partial charge in [-0.3, -0.25) is 0 Å². The van der Waals surface area contributed by atoms with Gasteiger partial charge in [0.25, 0.3) is 0 Å². The molecule has 0 aromatic heterocycles. The van der Waals surface area contributed by atoms with Gasteiger partial charge in [0.15, 0.2) is 9.84 Å². The summed E-state index contributed by atoms with van der Waals surface area (Å²) >= 11 is 0. The van der Waals surface area contributed by atoms with Gasteiger partial charge in [-0.25, -0.2) is 8.42 Å². The molecule has 0 unspecified atom stereocenters. The molecule has 0 saturated heterocycles. The summed E-state index contributed by atoms with van der Waals surface area (Å²) in [5.74, 6) is 6.43. The SMILES string of the molecule is CCS(=O)(=O)CCOc1ccc(C)cc1C#CCN. The van der Waals surface area contributed by atoms with Crippen molar-refractivity contribution in [2.24, 2.45) is 5.73 Å². The molecular formula is C14H19NO3S. The van der Waals surface area contributed by atoms with Gasteiger partial charge in [0.2, 0.25) is 0 Å². The summed E-state index contributed by atoms with van der Waals surface area (Å²) in [4.78, 5) is 0. The van der Waals surface area contributed by atoms with Crippen LogP contribution in [0.15, 0.2) is 18.2 Å². The summed E-state index contributed by atoms with van der Waals surface area (Å²) in [5, 5.41) is 0. The fraction of sp³-hybridized carbons (Fsp3) is 0.429. The molecule has 5 heteroatoms. The van der Waals surface area contributed by atoms with E-state index < -0.39 is 9.84 Å². The molecule has 0 aliphatic rings. The Morgan fingerprint density at radius 1 is 1.37 bits per heavy atom. The number of aryl methyl sites for hydroxylation is 1. The van der Waals surface area contributed by atoms with E-state index >= 15 is 0 Å². The molecular weight excluding hydrogens is 262 g/mol. The van der Waals surface area contributed by atoms with E-state index in [0.29, 0.717) is 5.75 Å². The van der Waals surface area contributed by atoms with E-state index in [1.807, 2.05) is 19.1 Å². The molecule has 0 atom stereocenters. The van der Waals surface area contributed by atoms with Crippen molar-refractivity contribution >= 4 is 9.84 Å². The second kappa shape index (κ2) is 7.17. The molecule has 4 nitrogen and oxygen atoms in total. The first kappa shape index (κ1) is 15.5. The van der Waals surface area contributed by atoms with Crippen LogP contribution in [-0.2, 0) is 9.84 Å². The lowest BCUT2D eigenvalue weighted by Crippen LogP contribution is -2.15. The Balaban J connectivity index is 2.78. The Kier molecular flexibility index (Phi) is 5.87. The molecule has 1 rings (SSSR count). The molecule has 0 fully saturated rings. The summed E-state index contributed by atoms with van der Waals surface area (Å²) in [6.07, 6.45) is 0. The summed E-state index contributed by atoms with van der Waals surface area (Å²) in [6.45, 7) is 3.99. The number of hydrogen-bond acceptors (Lipinski definition) is 4. The third kappa shape index (κ3) is 5.33. The quantitative estimate of drug-likeness (QED) is 0.821. The predicted octanol–water partition coefficient (Wildman–Crippen LogP) is 1.12. The lowest BCUT2D eigenvalue weighted by Gasteiger charge is -2.09. The maximum absolute atomic E-state index is 11.4. The Morgan fingerprint density at radius 3 is 2.74 bits per heavy atom. The normalized spacial score (nSPS) is 10.7. The molecule has 0 radical (unpaired) electrons. The third-order valence-corrected chi connectivity index (χ3v) is 4.22. The maximum atomic E-state index is 11.4. The number of rotatable bonds is 5. The van der Waals surface area contributed by atoms with Gasteiger partial charge in [-0.1, -0.05) is 24.8 Å². The molecule has 0 heterocycles. The fourth-order valence-corrected chi connectivity index (χ4v) is 2.06. The molecule has 0 amide bonds. The summed E-state index contributed by atoms with van der Waals surface area (Å²) in [6, 6.07) is 5.60. The molecule has 104 valence electrons. The van der Waals surface area contributed by atoms with E-state index in [4.69, 9.17) is 10.5 Å². The first-order chi connectivity index (χ1) is 8.98. The number of sulfone groups is 1. The predicted molar refractivity (Wildman–Crippen MR) is 76.9 cm³/mol. The zero-order valence-electron chi connectivity index (χ0n) is 11.3. The monoisotopic (exact) mass is 281 g/mol. The highest BCUT2D eigenvalue weighted by Crippen LogP contribution is 2.19. The van der Waals surface area contributed by atoms with Crippen LogP contribution in [0, 0.1) is 18.8 Å². The molecule has 0 spiro atoms. The van der Waals surface area contributed by atoms with E-state index in [2.05, 4.69) is 11.8 Å². The molecule has 2 N–H and O–H groups in total. The number of nitrogens with two attached hydrogens (primary N) is 1. The molecule has 0 aliphatic carbocycles. The van der Waals surface area contributed by atoms with Gasteiger partial charge in [0.1, 0.15) is 12.4 Å². The number of hydrogen-bond donors (Lipinski definition) is 1. The average molecular weight is 281 g/mol. The van der Waals surface area contributed by atoms with Crippen molar-refractivity contribution in [1.29, 1.82) is 0 Å². The topological polar surface area (TPSA) is 69.4 Å². The van der Waals surface area contributed by atoms with Crippen molar-refractivity contribution in [3.63, 3.8) is 0 Å². The van der Waals surface area contributed by atoms with E-state index in [1.54, 1.807) is 13.0 Å². The Labute approximate surface area is 114 Å². The van der Waals surface area contributed by atoms with Gasteiger partial charge in [0, 0.05) is 5.75 Å². The highest BCUT2D eigenvalue weighted by Gasteiger charge is 2.08. The van der Waals surface area contributed by atoms with Gasteiger partial charge in [0.05, 0.1) is 17.9 Å². The minimum absolute atomic E-state index is 0.0150. The van der Waals surface area contributed by atoms with Crippen LogP contribution in [0.3, 0.4) is 0 Å². The lowest BCUT2D eigenvalue weighted by atomic mass is 10.1. The van der Waals surface area contributed by atoms with Gasteiger partial charge < -0.3 is 10.5 Å². The highest BCUT2D eigenvalue weighted by molar-refractivity contribution is 7.91. The largest absolute Gasteiger partial charge is 0.491 e. The molecule has 0 aliphatic heterocycles. The number of benzene rings is 1. The zero-order chi connectivity index (χ0) is 14.3. The lowest BCUT2D eigenvalue weighted by molar-refractivity contribution is 0.340. The van der Waals surface area contributed by atoms with Crippen LogP contribution in [0.5, 0.6) is 5.75 Å². The fourth-order valence-electron chi connectivity index (χ4n) is 1.44. The van der Waals surface area contributed by atoms with Crippen molar-refractivity contribution in [2.75, 3.05) is 24.7 Å². The van der Waals surface area contributed by atoms with Crippen LogP contribution in [0.4, 0.5) is 0 Å². The Hall–Kier alpha value is -1.51. The first-order valence-electron chi connectivity index (χ1n) is 6.11. The summed E-state index contributed by atoms with van der Waals surface area (Å²) in [5.41, 5.74) is 7.15. The van der Waals surface area contributed by atoms with E-state index in [0.717, 1.165) is 11.1 Å². The second-order valence-corrected chi connectivity index (χ2v) is 6.56. The smallest absolute Gasteiger partial charge is 0.153 e. The molecule has 1 aromatic rings. The van der Waals surface area contributed by atoms with Crippen LogP contribution in [0.1, 0.15) is 18.1 Å². The summed E-state index contributed by atoms with van der Waals surface area (Å²) in [7, 11) is -3.01. The van der Waals surface area contributed by atoms with E-state index in [1.165, 1.54) is 0 Å². The highest BCUT2D eigenvalue weighted by atomic mass is 32.2. The van der Waals surface area contributed by atoms with Gasteiger partial charge in [-0.2, -0.15) is 0 Å². The van der Waals surface area contributed by atoms with Crippen LogP contribution in [0.2, 0.25) is 0 Å². The van der Waals surface area contributed by atoms with E-state index in [9.17, 15) is 8.42 Å². The van der Waals surface area contributed by atoms with Crippen LogP contribution >= 0.6 is 0 Å². The van der Waals surface area contributed by atoms with Crippen molar-refractivity contribution < 1.29 is 13.2 Å². The van der Waals surface area contributed by atoms with Gasteiger partial charge >= 0.3 is 0 Å². The van der Waals surface area contributed by atoms with Gasteiger partial charge in [-0.15, -0.1) is 0 Å². The molecule has 1 aromatic carbocycles. The Bertz CT molecular complexity index is 582. The molecule has 0 bridgehead atoms. The molecule has 19 heavy (non-hydrogen) atoms. The Morgan fingerprint density at radius 2 is 2.11 bits per heavy atom. The van der Waals surface area contributed by atoms with Crippen LogP contribution < -0.4 is 10.5 Å². The minimum atomic E-state index is -3.01. The maximum Gasteiger partial charge on any atom is 0.153 e. The van der Waals surface area contributed by atoms with Gasteiger partial charge in [-0.05, 0) is 24.6 Å². The standard InChI is InChI=1S/C14H19NO3S/c1-3-19(16,17)10-9-18-14-7-6-12(2)11-13(14)5-4-8-15/h6-7,11H,3,8-10,15H2,1-2H3. The van der Waals surface area contributed by atoms with Crippen LogP contribution in [0.25, 0.3) is 0 Å². The number of ether oxygens (including phenoxy) is 1. The minimum Gasteiger partial charge on any atom is -0.491 e. The second-order valence-electron chi connectivity index (χ2n) is 4.09. The zero-order valence-corrected chi connectivity index (χ0v) is 12.1. The van der Waals surface area contributed by atoms with Crippen molar-refractivity contribution in [1.82, 2.24) is 0 Å². The molecule has 0 saturated carbocycles. The summed E-state index contributed by atoms with van der Waals surface area (Å²) < 4.78 is 28.3. The van der Waals surface area contributed by atoms with Crippen LogP contribution in [-0.4, -0.2) is 33.1 Å². The van der Waals surface area contributed by atoms with Crippen molar-refractivity contribution in [2.45, 2.75) is 13.8 Å². The average Bonchev–Trinajstić information content (AvgIpc) is 2.38.